The van der Waals surface area contributed by atoms with Gasteiger partial charge < -0.3 is 14.7 Å². The van der Waals surface area contributed by atoms with Crippen molar-refractivity contribution < 1.29 is 27.8 Å². The van der Waals surface area contributed by atoms with Gasteiger partial charge in [0.15, 0.2) is 0 Å². The number of halogens is 3. The number of carbonyl (C=O) groups excluding carboxylic acids is 1. The Bertz CT molecular complexity index is 578. The Hall–Kier alpha value is -1.76. The SMILES string of the molecule is CC(C)(C)OC(=O)N1CCC(O)(c2ccc(C(F)(F)F)cc2)C1. The lowest BCUT2D eigenvalue weighted by molar-refractivity contribution is -0.137. The molecule has 23 heavy (non-hydrogen) atoms. The Morgan fingerprint density at radius 2 is 1.78 bits per heavy atom. The number of ether oxygens (including phenoxy) is 1. The minimum Gasteiger partial charge on any atom is -0.444 e. The molecular weight excluding hydrogens is 311 g/mol. The van der Waals surface area contributed by atoms with Crippen LogP contribution in [0.15, 0.2) is 24.3 Å². The highest BCUT2D eigenvalue weighted by Gasteiger charge is 2.41. The van der Waals surface area contributed by atoms with Gasteiger partial charge in [-0.05, 0) is 44.9 Å². The number of aliphatic hydroxyl groups is 1. The maximum Gasteiger partial charge on any atom is 0.416 e. The van der Waals surface area contributed by atoms with Crippen LogP contribution in [0.25, 0.3) is 0 Å². The van der Waals surface area contributed by atoms with Crippen molar-refractivity contribution in [3.8, 4) is 0 Å². The fourth-order valence-electron chi connectivity index (χ4n) is 2.48. The number of benzene rings is 1. The fraction of sp³-hybridized carbons (Fsp3) is 0.562. The molecule has 1 saturated heterocycles. The summed E-state index contributed by atoms with van der Waals surface area (Å²) in [6.07, 6.45) is -4.71. The highest BCUT2D eigenvalue weighted by Crippen LogP contribution is 2.35. The molecule has 4 nitrogen and oxygen atoms in total. The monoisotopic (exact) mass is 331 g/mol. The molecule has 0 bridgehead atoms. The second kappa shape index (κ2) is 5.70. The Kier molecular flexibility index (Phi) is 4.36. The number of carbonyl (C=O) groups is 1. The minimum absolute atomic E-state index is 0.00667. The van der Waals surface area contributed by atoms with E-state index < -0.39 is 29.0 Å². The summed E-state index contributed by atoms with van der Waals surface area (Å²) in [7, 11) is 0. The summed E-state index contributed by atoms with van der Waals surface area (Å²) in [5, 5.41) is 10.6. The third kappa shape index (κ3) is 4.16. The van der Waals surface area contributed by atoms with Crippen LogP contribution in [0, 0.1) is 0 Å². The van der Waals surface area contributed by atoms with E-state index in [0.29, 0.717) is 5.56 Å². The summed E-state index contributed by atoms with van der Waals surface area (Å²) < 4.78 is 43.0. The molecule has 1 aliphatic heterocycles. The van der Waals surface area contributed by atoms with Crippen molar-refractivity contribution in [3.63, 3.8) is 0 Å². The summed E-state index contributed by atoms with van der Waals surface area (Å²) >= 11 is 0. The molecule has 0 radical (unpaired) electrons. The highest BCUT2D eigenvalue weighted by molar-refractivity contribution is 5.68. The summed E-state index contributed by atoms with van der Waals surface area (Å²) in [5.41, 5.74) is -2.42. The topological polar surface area (TPSA) is 49.8 Å². The third-order valence-electron chi connectivity index (χ3n) is 3.65. The second-order valence-corrected chi connectivity index (χ2v) is 6.76. The molecule has 1 amide bonds. The van der Waals surface area contributed by atoms with Gasteiger partial charge in [-0.3, -0.25) is 0 Å². The van der Waals surface area contributed by atoms with E-state index in [1.165, 1.54) is 17.0 Å². The summed E-state index contributed by atoms with van der Waals surface area (Å²) in [6, 6.07) is 4.37. The van der Waals surface area contributed by atoms with Crippen molar-refractivity contribution in [2.75, 3.05) is 13.1 Å². The second-order valence-electron chi connectivity index (χ2n) is 6.76. The Balaban J connectivity index is 2.11. The molecule has 1 N–H and O–H groups in total. The molecule has 0 spiro atoms. The van der Waals surface area contributed by atoms with Crippen LogP contribution >= 0.6 is 0 Å². The van der Waals surface area contributed by atoms with Crippen LogP contribution in [0.4, 0.5) is 18.0 Å². The van der Waals surface area contributed by atoms with Gasteiger partial charge in [0.05, 0.1) is 12.1 Å². The van der Waals surface area contributed by atoms with E-state index in [1.54, 1.807) is 20.8 Å². The van der Waals surface area contributed by atoms with Crippen LogP contribution in [-0.2, 0) is 16.5 Å². The molecule has 1 unspecified atom stereocenters. The minimum atomic E-state index is -4.42. The largest absolute Gasteiger partial charge is 0.444 e. The molecule has 0 aromatic heterocycles. The highest BCUT2D eigenvalue weighted by atomic mass is 19.4. The zero-order valence-corrected chi connectivity index (χ0v) is 13.3. The summed E-state index contributed by atoms with van der Waals surface area (Å²) in [5.74, 6) is 0. The molecule has 1 atom stereocenters. The molecule has 0 aliphatic carbocycles. The molecule has 0 saturated carbocycles. The van der Waals surface area contributed by atoms with Gasteiger partial charge in [0.25, 0.3) is 0 Å². The van der Waals surface area contributed by atoms with Gasteiger partial charge in [0.1, 0.15) is 11.2 Å². The Labute approximate surface area is 132 Å². The molecule has 2 rings (SSSR count). The van der Waals surface area contributed by atoms with E-state index in [9.17, 15) is 23.1 Å². The van der Waals surface area contributed by atoms with Gasteiger partial charge in [0, 0.05) is 6.54 Å². The van der Waals surface area contributed by atoms with Crippen LogP contribution in [0.2, 0.25) is 0 Å². The number of alkyl halides is 3. The molecule has 7 heteroatoms. The van der Waals surface area contributed by atoms with Crippen LogP contribution in [0.1, 0.15) is 38.3 Å². The third-order valence-corrected chi connectivity index (χ3v) is 3.65. The van der Waals surface area contributed by atoms with Gasteiger partial charge in [-0.1, -0.05) is 12.1 Å². The first-order valence-electron chi connectivity index (χ1n) is 7.29. The molecule has 128 valence electrons. The number of rotatable bonds is 1. The zero-order valence-electron chi connectivity index (χ0n) is 13.3. The number of likely N-dealkylation sites (tertiary alicyclic amines) is 1. The van der Waals surface area contributed by atoms with E-state index >= 15 is 0 Å². The number of amides is 1. The molecular formula is C16H20F3NO3. The summed E-state index contributed by atoms with van der Waals surface area (Å²) in [4.78, 5) is 13.4. The van der Waals surface area contributed by atoms with Crippen molar-refractivity contribution in [1.82, 2.24) is 4.90 Å². The van der Waals surface area contributed by atoms with Gasteiger partial charge in [-0.2, -0.15) is 13.2 Å². The number of hydrogen-bond donors (Lipinski definition) is 1. The zero-order chi connectivity index (χ0) is 17.5. The molecule has 1 fully saturated rings. The first kappa shape index (κ1) is 17.6. The first-order chi connectivity index (χ1) is 10.4. The number of β-amino-alcohol motifs (C(OH)–C–C–N with tert-alkyl or cyclic N) is 1. The van der Waals surface area contributed by atoms with Gasteiger partial charge in [0.2, 0.25) is 0 Å². The van der Waals surface area contributed by atoms with Crippen molar-refractivity contribution in [2.45, 2.75) is 44.6 Å². The van der Waals surface area contributed by atoms with E-state index in [2.05, 4.69) is 0 Å². The van der Waals surface area contributed by atoms with Crippen LogP contribution in [0.3, 0.4) is 0 Å². The maximum absolute atomic E-state index is 12.6. The van der Waals surface area contributed by atoms with Crippen LogP contribution in [-0.4, -0.2) is 34.8 Å². The molecule has 1 aliphatic rings. The lowest BCUT2D eigenvalue weighted by Gasteiger charge is -2.26. The Morgan fingerprint density at radius 3 is 2.26 bits per heavy atom. The van der Waals surface area contributed by atoms with Crippen molar-refractivity contribution in [2.24, 2.45) is 0 Å². The normalized spacial score (nSPS) is 22.3. The quantitative estimate of drug-likeness (QED) is 0.856. The van der Waals surface area contributed by atoms with E-state index in [-0.39, 0.29) is 19.5 Å². The maximum atomic E-state index is 12.6. The smallest absolute Gasteiger partial charge is 0.416 e. The van der Waals surface area contributed by atoms with Gasteiger partial charge in [-0.15, -0.1) is 0 Å². The lowest BCUT2D eigenvalue weighted by atomic mass is 9.92. The van der Waals surface area contributed by atoms with Gasteiger partial charge >= 0.3 is 12.3 Å². The predicted octanol–water partition coefficient (Wildman–Crippen LogP) is 3.53. The van der Waals surface area contributed by atoms with Crippen molar-refractivity contribution in [3.05, 3.63) is 35.4 Å². The predicted molar refractivity (Wildman–Crippen MR) is 77.8 cm³/mol. The van der Waals surface area contributed by atoms with Crippen LogP contribution < -0.4 is 0 Å². The standard InChI is InChI=1S/C16H20F3NO3/c1-14(2,3)23-13(21)20-9-8-15(22,10-20)11-4-6-12(7-5-11)16(17,18)19/h4-7,22H,8-10H2,1-3H3. The van der Waals surface area contributed by atoms with E-state index in [1.807, 2.05) is 0 Å². The van der Waals surface area contributed by atoms with E-state index in [4.69, 9.17) is 4.74 Å². The summed E-state index contributed by atoms with van der Waals surface area (Å²) in [6.45, 7) is 5.49. The lowest BCUT2D eigenvalue weighted by Crippen LogP contribution is -2.38. The van der Waals surface area contributed by atoms with Gasteiger partial charge in [-0.25, -0.2) is 4.79 Å². The fourth-order valence-corrected chi connectivity index (χ4v) is 2.48. The molecule has 1 aromatic carbocycles. The Morgan fingerprint density at radius 1 is 1.22 bits per heavy atom. The van der Waals surface area contributed by atoms with Crippen molar-refractivity contribution >= 4 is 6.09 Å². The average Bonchev–Trinajstić information content (AvgIpc) is 2.80. The van der Waals surface area contributed by atoms with E-state index in [0.717, 1.165) is 12.1 Å². The average molecular weight is 331 g/mol. The number of hydrogen-bond acceptors (Lipinski definition) is 3. The first-order valence-corrected chi connectivity index (χ1v) is 7.29. The van der Waals surface area contributed by atoms with Crippen molar-refractivity contribution in [1.29, 1.82) is 0 Å². The molecule has 1 heterocycles. The molecule has 1 aromatic rings. The van der Waals surface area contributed by atoms with Crippen LogP contribution in [0.5, 0.6) is 0 Å². The number of nitrogens with zero attached hydrogens (tertiary/aromatic N) is 1.